The summed E-state index contributed by atoms with van der Waals surface area (Å²) in [5.74, 6) is -1.13. The summed E-state index contributed by atoms with van der Waals surface area (Å²) >= 11 is 0. The molecular weight excluding hydrogens is 462 g/mol. The van der Waals surface area contributed by atoms with E-state index in [4.69, 9.17) is 14.2 Å². The van der Waals surface area contributed by atoms with Crippen molar-refractivity contribution < 1.29 is 28.6 Å². The molecule has 0 aliphatic carbocycles. The van der Waals surface area contributed by atoms with Crippen molar-refractivity contribution in [1.82, 2.24) is 5.43 Å². The molecule has 0 unspecified atom stereocenters. The molecule has 9 heteroatoms. The Morgan fingerprint density at radius 2 is 1.69 bits per heavy atom. The van der Waals surface area contributed by atoms with Crippen LogP contribution in [0.5, 0.6) is 17.2 Å². The number of hydrogen-bond donors (Lipinski definition) is 2. The zero-order valence-corrected chi connectivity index (χ0v) is 20.2. The van der Waals surface area contributed by atoms with E-state index in [9.17, 15) is 14.4 Å². The van der Waals surface area contributed by atoms with Crippen molar-refractivity contribution in [3.8, 4) is 17.2 Å². The molecule has 0 spiro atoms. The standard InChI is InChI=1S/C27H27N3O6/c1-4-15-35-21-12-10-20(11-13-21)27(33)36-23-14-9-19(16-24(23)34-3)17-28-30-26(32)25(31)29-22-8-6-5-7-18(22)2/h5-14,16-17H,4,15H2,1-3H3,(H,29,31)(H,30,32)/b28-17-. The minimum absolute atomic E-state index is 0.215. The van der Waals surface area contributed by atoms with Crippen molar-refractivity contribution in [3.63, 3.8) is 0 Å². The zero-order chi connectivity index (χ0) is 25.9. The van der Waals surface area contributed by atoms with Crippen LogP contribution >= 0.6 is 0 Å². The Balaban J connectivity index is 1.58. The molecule has 3 aromatic rings. The SMILES string of the molecule is CCCOc1ccc(C(=O)Oc2ccc(/C=N\NC(=O)C(=O)Nc3ccccc3C)cc2OC)cc1. The fraction of sp³-hybridized carbons (Fsp3) is 0.185. The largest absolute Gasteiger partial charge is 0.494 e. The van der Waals surface area contributed by atoms with Gasteiger partial charge in [0.1, 0.15) is 5.75 Å². The van der Waals surface area contributed by atoms with E-state index in [1.807, 2.05) is 26.0 Å². The third kappa shape index (κ3) is 7.17. The zero-order valence-electron chi connectivity index (χ0n) is 20.2. The van der Waals surface area contributed by atoms with Crippen molar-refractivity contribution >= 4 is 29.7 Å². The number of anilines is 1. The summed E-state index contributed by atoms with van der Waals surface area (Å²) in [5.41, 5.74) is 4.45. The lowest BCUT2D eigenvalue weighted by Gasteiger charge is -2.10. The number of carbonyl (C=O) groups is 3. The third-order valence-corrected chi connectivity index (χ3v) is 4.93. The van der Waals surface area contributed by atoms with Gasteiger partial charge < -0.3 is 19.5 Å². The maximum Gasteiger partial charge on any atom is 0.343 e. The van der Waals surface area contributed by atoms with E-state index in [-0.39, 0.29) is 5.75 Å². The van der Waals surface area contributed by atoms with Gasteiger partial charge in [0, 0.05) is 5.69 Å². The fourth-order valence-corrected chi connectivity index (χ4v) is 3.02. The summed E-state index contributed by atoms with van der Waals surface area (Å²) in [7, 11) is 1.44. The molecule has 0 fully saturated rings. The highest BCUT2D eigenvalue weighted by Gasteiger charge is 2.15. The molecule has 0 saturated carbocycles. The highest BCUT2D eigenvalue weighted by molar-refractivity contribution is 6.39. The van der Waals surface area contributed by atoms with Gasteiger partial charge in [-0.15, -0.1) is 0 Å². The van der Waals surface area contributed by atoms with Crippen LogP contribution in [0.15, 0.2) is 71.8 Å². The van der Waals surface area contributed by atoms with E-state index < -0.39 is 17.8 Å². The molecule has 0 radical (unpaired) electrons. The summed E-state index contributed by atoms with van der Waals surface area (Å²) in [6.07, 6.45) is 2.22. The number of hydrogen-bond acceptors (Lipinski definition) is 7. The molecule has 186 valence electrons. The van der Waals surface area contributed by atoms with Crippen molar-refractivity contribution in [1.29, 1.82) is 0 Å². The predicted molar refractivity (Wildman–Crippen MR) is 136 cm³/mol. The van der Waals surface area contributed by atoms with E-state index in [1.54, 1.807) is 54.6 Å². The van der Waals surface area contributed by atoms with Gasteiger partial charge in [-0.3, -0.25) is 9.59 Å². The Bertz CT molecular complexity index is 1250. The van der Waals surface area contributed by atoms with Gasteiger partial charge in [-0.25, -0.2) is 10.2 Å². The number of rotatable bonds is 9. The van der Waals surface area contributed by atoms with Crippen molar-refractivity contribution in [2.75, 3.05) is 19.0 Å². The van der Waals surface area contributed by atoms with Gasteiger partial charge in [0.2, 0.25) is 0 Å². The first-order valence-electron chi connectivity index (χ1n) is 11.2. The molecule has 2 amide bonds. The number of para-hydroxylation sites is 1. The molecule has 3 aromatic carbocycles. The van der Waals surface area contributed by atoms with Gasteiger partial charge in [0.25, 0.3) is 0 Å². The maximum absolute atomic E-state index is 12.5. The Morgan fingerprint density at radius 1 is 0.944 bits per heavy atom. The molecule has 0 atom stereocenters. The van der Waals surface area contributed by atoms with Gasteiger partial charge in [0.05, 0.1) is 25.5 Å². The lowest BCUT2D eigenvalue weighted by atomic mass is 10.2. The van der Waals surface area contributed by atoms with E-state index in [0.717, 1.165) is 12.0 Å². The van der Waals surface area contributed by atoms with Crippen LogP contribution < -0.4 is 25.0 Å². The first-order valence-corrected chi connectivity index (χ1v) is 11.2. The normalized spacial score (nSPS) is 10.5. The molecule has 0 aliphatic heterocycles. The lowest BCUT2D eigenvalue weighted by Crippen LogP contribution is -2.32. The summed E-state index contributed by atoms with van der Waals surface area (Å²) in [5, 5.41) is 6.34. The van der Waals surface area contributed by atoms with Crippen LogP contribution in [0.2, 0.25) is 0 Å². The highest BCUT2D eigenvalue weighted by atomic mass is 16.6. The van der Waals surface area contributed by atoms with Crippen molar-refractivity contribution in [2.24, 2.45) is 5.10 Å². The predicted octanol–water partition coefficient (Wildman–Crippen LogP) is 4.10. The molecule has 0 heterocycles. The van der Waals surface area contributed by atoms with Crippen LogP contribution in [0.4, 0.5) is 5.69 Å². The van der Waals surface area contributed by atoms with Crippen LogP contribution in [0.25, 0.3) is 0 Å². The minimum atomic E-state index is -0.918. The molecule has 36 heavy (non-hydrogen) atoms. The number of methoxy groups -OCH3 is 1. The van der Waals surface area contributed by atoms with E-state index in [2.05, 4.69) is 15.8 Å². The molecule has 3 rings (SSSR count). The second kappa shape index (κ2) is 12.7. The molecule has 0 saturated heterocycles. The van der Waals surface area contributed by atoms with Gasteiger partial charge in [-0.2, -0.15) is 5.10 Å². The smallest absolute Gasteiger partial charge is 0.343 e. The van der Waals surface area contributed by atoms with Crippen LogP contribution in [0, 0.1) is 6.92 Å². The average Bonchev–Trinajstić information content (AvgIpc) is 2.89. The quantitative estimate of drug-likeness (QED) is 0.154. The highest BCUT2D eigenvalue weighted by Crippen LogP contribution is 2.28. The van der Waals surface area contributed by atoms with Gasteiger partial charge in [0.15, 0.2) is 11.5 Å². The minimum Gasteiger partial charge on any atom is -0.494 e. The number of hydrazone groups is 1. The van der Waals surface area contributed by atoms with Crippen LogP contribution in [0.3, 0.4) is 0 Å². The average molecular weight is 490 g/mol. The first-order chi connectivity index (χ1) is 17.4. The second-order valence-electron chi connectivity index (χ2n) is 7.64. The first kappa shape index (κ1) is 26.0. The monoisotopic (exact) mass is 489 g/mol. The van der Waals surface area contributed by atoms with Crippen molar-refractivity contribution in [2.45, 2.75) is 20.3 Å². The Labute approximate surface area is 209 Å². The lowest BCUT2D eigenvalue weighted by molar-refractivity contribution is -0.136. The summed E-state index contributed by atoms with van der Waals surface area (Å²) in [6.45, 7) is 4.43. The van der Waals surface area contributed by atoms with Gasteiger partial charge in [-0.1, -0.05) is 25.1 Å². The molecule has 0 aliphatic rings. The van der Waals surface area contributed by atoms with E-state index in [1.165, 1.54) is 13.3 Å². The number of amides is 2. The third-order valence-electron chi connectivity index (χ3n) is 4.93. The number of ether oxygens (including phenoxy) is 3. The van der Waals surface area contributed by atoms with Crippen LogP contribution in [-0.2, 0) is 9.59 Å². The molecular formula is C27H27N3O6. The Morgan fingerprint density at radius 3 is 2.39 bits per heavy atom. The number of carbonyl (C=O) groups excluding carboxylic acids is 3. The van der Waals surface area contributed by atoms with Gasteiger partial charge >= 0.3 is 17.8 Å². The molecule has 9 nitrogen and oxygen atoms in total. The summed E-state index contributed by atoms with van der Waals surface area (Å²) in [4.78, 5) is 36.6. The number of nitrogens with zero attached hydrogens (tertiary/aromatic N) is 1. The summed E-state index contributed by atoms with van der Waals surface area (Å²) < 4.78 is 16.3. The molecule has 0 bridgehead atoms. The van der Waals surface area contributed by atoms with Crippen molar-refractivity contribution in [3.05, 3.63) is 83.4 Å². The second-order valence-corrected chi connectivity index (χ2v) is 7.64. The van der Waals surface area contributed by atoms with Crippen LogP contribution in [0.1, 0.15) is 34.8 Å². The Hall–Kier alpha value is -4.66. The van der Waals surface area contributed by atoms with E-state index >= 15 is 0 Å². The molecule has 2 N–H and O–H groups in total. The Kier molecular flexibility index (Phi) is 9.16. The topological polar surface area (TPSA) is 115 Å². The number of benzene rings is 3. The fourth-order valence-electron chi connectivity index (χ4n) is 3.02. The maximum atomic E-state index is 12.5. The number of aryl methyl sites for hydroxylation is 1. The summed E-state index contributed by atoms with van der Waals surface area (Å²) in [6, 6.07) is 18.5. The number of nitrogens with one attached hydrogen (secondary N) is 2. The number of esters is 1. The van der Waals surface area contributed by atoms with Gasteiger partial charge in [-0.05, 0) is 73.0 Å². The van der Waals surface area contributed by atoms with Crippen LogP contribution in [-0.4, -0.2) is 37.7 Å². The van der Waals surface area contributed by atoms with E-state index in [0.29, 0.717) is 34.9 Å². The molecule has 0 aromatic heterocycles.